The van der Waals surface area contributed by atoms with E-state index in [0.717, 1.165) is 29.9 Å². The number of aryl methyl sites for hydroxylation is 1. The second kappa shape index (κ2) is 7.59. The Morgan fingerprint density at radius 1 is 1.22 bits per heavy atom. The summed E-state index contributed by atoms with van der Waals surface area (Å²) in [6.07, 6.45) is 3.62. The number of pyridine rings is 1. The van der Waals surface area contributed by atoms with Crippen molar-refractivity contribution in [3.05, 3.63) is 54.1 Å². The molecule has 0 aliphatic rings. The van der Waals surface area contributed by atoms with Crippen molar-refractivity contribution in [1.82, 2.24) is 19.3 Å². The van der Waals surface area contributed by atoms with Crippen LogP contribution >= 0.6 is 11.9 Å². The van der Waals surface area contributed by atoms with Gasteiger partial charge in [0.25, 0.3) is 0 Å². The topological polar surface area (TPSA) is 52.0 Å². The fourth-order valence-corrected chi connectivity index (χ4v) is 3.05. The van der Waals surface area contributed by atoms with Gasteiger partial charge in [0, 0.05) is 31.3 Å². The maximum atomic E-state index is 5.01. The quantitative estimate of drug-likeness (QED) is 0.534. The van der Waals surface area contributed by atoms with Crippen LogP contribution in [-0.2, 0) is 11.3 Å². The van der Waals surface area contributed by atoms with Crippen LogP contribution in [0, 0.1) is 6.92 Å². The lowest BCUT2D eigenvalue weighted by atomic mass is 10.2. The van der Waals surface area contributed by atoms with Gasteiger partial charge in [-0.1, -0.05) is 12.1 Å². The predicted octanol–water partition coefficient (Wildman–Crippen LogP) is 3.03. The van der Waals surface area contributed by atoms with Crippen LogP contribution in [0.4, 0.5) is 0 Å². The first-order valence-corrected chi connectivity index (χ1v) is 8.34. The van der Waals surface area contributed by atoms with Gasteiger partial charge in [0.1, 0.15) is 11.3 Å². The van der Waals surface area contributed by atoms with Crippen LogP contribution < -0.4 is 4.72 Å². The zero-order valence-electron chi connectivity index (χ0n) is 13.3. The number of benzene rings is 1. The number of hydrogen-bond donors (Lipinski definition) is 1. The average molecular weight is 328 g/mol. The number of imidazole rings is 1. The molecule has 2 aromatic heterocycles. The number of nitrogens with zero attached hydrogens (tertiary/aromatic N) is 3. The van der Waals surface area contributed by atoms with E-state index >= 15 is 0 Å². The van der Waals surface area contributed by atoms with Gasteiger partial charge in [-0.25, -0.2) is 4.98 Å². The van der Waals surface area contributed by atoms with Gasteiger partial charge < -0.3 is 9.30 Å². The molecule has 5 nitrogen and oxygen atoms in total. The van der Waals surface area contributed by atoms with E-state index < -0.39 is 0 Å². The van der Waals surface area contributed by atoms with Crippen molar-refractivity contribution < 1.29 is 4.74 Å². The summed E-state index contributed by atoms with van der Waals surface area (Å²) in [5.41, 5.74) is 3.32. The molecule has 0 atom stereocenters. The zero-order chi connectivity index (χ0) is 16.1. The summed E-state index contributed by atoms with van der Waals surface area (Å²) in [5, 5.41) is 0. The molecule has 0 amide bonds. The molecule has 0 unspecified atom stereocenters. The molecule has 0 spiro atoms. The maximum Gasteiger partial charge on any atom is 0.107 e. The molecule has 0 fully saturated rings. The average Bonchev–Trinajstić information content (AvgIpc) is 2.89. The Kier molecular flexibility index (Phi) is 5.27. The third kappa shape index (κ3) is 3.90. The second-order valence-corrected chi connectivity index (χ2v) is 6.21. The fraction of sp³-hybridized carbons (Fsp3) is 0.294. The normalized spacial score (nSPS) is 11.2. The number of rotatable bonds is 7. The Balaban J connectivity index is 1.69. The lowest BCUT2D eigenvalue weighted by molar-refractivity contribution is 0.205. The molecule has 23 heavy (non-hydrogen) atoms. The lowest BCUT2D eigenvalue weighted by Crippen LogP contribution is -2.10. The summed E-state index contributed by atoms with van der Waals surface area (Å²) < 4.78 is 10.5. The van der Waals surface area contributed by atoms with Crippen molar-refractivity contribution in [1.29, 1.82) is 0 Å². The zero-order valence-corrected chi connectivity index (χ0v) is 14.1. The molecule has 3 rings (SSSR count). The van der Waals surface area contributed by atoms with E-state index in [1.807, 2.05) is 25.4 Å². The molecule has 0 bridgehead atoms. The Hall–Kier alpha value is -1.89. The summed E-state index contributed by atoms with van der Waals surface area (Å²) in [6.45, 7) is 4.39. The van der Waals surface area contributed by atoms with Crippen LogP contribution in [0.2, 0.25) is 0 Å². The fourth-order valence-electron chi connectivity index (χ4n) is 2.43. The highest BCUT2D eigenvalue weighted by atomic mass is 32.2. The number of nitrogens with one attached hydrogen (secondary N) is 1. The van der Waals surface area contributed by atoms with E-state index in [1.54, 1.807) is 19.1 Å². The largest absolute Gasteiger partial charge is 0.383 e. The van der Waals surface area contributed by atoms with Crippen molar-refractivity contribution in [2.24, 2.45) is 0 Å². The van der Waals surface area contributed by atoms with Crippen molar-refractivity contribution in [2.45, 2.75) is 18.4 Å². The van der Waals surface area contributed by atoms with E-state index in [1.165, 1.54) is 10.5 Å². The van der Waals surface area contributed by atoms with Gasteiger partial charge in [-0.05, 0) is 42.6 Å². The van der Waals surface area contributed by atoms with Gasteiger partial charge >= 0.3 is 0 Å². The van der Waals surface area contributed by atoms with Crippen molar-refractivity contribution in [2.75, 3.05) is 20.3 Å². The van der Waals surface area contributed by atoms with E-state index in [-0.39, 0.29) is 0 Å². The molecular weight excluding hydrogens is 308 g/mol. The molecule has 0 aliphatic heterocycles. The highest BCUT2D eigenvalue weighted by Gasteiger charge is 2.07. The molecule has 1 aromatic carbocycles. The van der Waals surface area contributed by atoms with Crippen LogP contribution in [0.1, 0.15) is 11.4 Å². The summed E-state index contributed by atoms with van der Waals surface area (Å²) in [6, 6.07) is 10.6. The molecule has 1 N–H and O–H groups in total. The van der Waals surface area contributed by atoms with E-state index in [9.17, 15) is 0 Å². The van der Waals surface area contributed by atoms with Crippen LogP contribution in [0.5, 0.6) is 0 Å². The third-order valence-corrected chi connectivity index (χ3v) is 4.46. The maximum absolute atomic E-state index is 5.01. The Bertz CT molecular complexity index is 770. The third-order valence-electron chi connectivity index (χ3n) is 3.60. The molecule has 3 aromatic rings. The first kappa shape index (κ1) is 16.0. The number of aromatic nitrogens is 3. The standard InChI is InChI=1S/C17H20N4OS/c1-13-20-16-11-18-8-7-17(16)21(13)12-14-3-5-15(6-4-14)23-19-9-10-22-2/h3-8,11,19H,9-10,12H2,1-2H3. The van der Waals surface area contributed by atoms with E-state index in [2.05, 4.69) is 43.5 Å². The van der Waals surface area contributed by atoms with Crippen molar-refractivity contribution in [3.8, 4) is 0 Å². The molecule has 6 heteroatoms. The minimum absolute atomic E-state index is 0.715. The molecule has 0 aliphatic carbocycles. The van der Waals surface area contributed by atoms with Gasteiger partial charge in [0.2, 0.25) is 0 Å². The van der Waals surface area contributed by atoms with Gasteiger partial charge in [-0.2, -0.15) is 0 Å². The lowest BCUT2D eigenvalue weighted by Gasteiger charge is -2.08. The minimum atomic E-state index is 0.715. The number of hydrogen-bond acceptors (Lipinski definition) is 5. The predicted molar refractivity (Wildman–Crippen MR) is 93.5 cm³/mol. The first-order valence-electron chi connectivity index (χ1n) is 7.52. The van der Waals surface area contributed by atoms with Gasteiger partial charge in [0.05, 0.1) is 18.3 Å². The summed E-state index contributed by atoms with van der Waals surface area (Å²) >= 11 is 1.63. The second-order valence-electron chi connectivity index (χ2n) is 5.24. The first-order chi connectivity index (χ1) is 11.3. The molecule has 120 valence electrons. The van der Waals surface area contributed by atoms with Crippen LogP contribution in [0.3, 0.4) is 0 Å². The summed E-state index contributed by atoms with van der Waals surface area (Å²) in [7, 11) is 1.71. The van der Waals surface area contributed by atoms with Gasteiger partial charge in [0.15, 0.2) is 0 Å². The number of ether oxygens (including phenoxy) is 1. The minimum Gasteiger partial charge on any atom is -0.383 e. The molecular formula is C17H20N4OS. The summed E-state index contributed by atoms with van der Waals surface area (Å²) in [5.74, 6) is 1.01. The van der Waals surface area contributed by atoms with Crippen molar-refractivity contribution >= 4 is 23.0 Å². The van der Waals surface area contributed by atoms with Crippen LogP contribution in [-0.4, -0.2) is 34.8 Å². The van der Waals surface area contributed by atoms with E-state index in [0.29, 0.717) is 6.61 Å². The molecule has 0 saturated carbocycles. The molecule has 0 saturated heterocycles. The Morgan fingerprint density at radius 2 is 2.04 bits per heavy atom. The monoisotopic (exact) mass is 328 g/mol. The SMILES string of the molecule is COCCNSc1ccc(Cn2c(C)nc3cnccc32)cc1. The smallest absolute Gasteiger partial charge is 0.107 e. The molecule has 2 heterocycles. The van der Waals surface area contributed by atoms with Crippen molar-refractivity contribution in [3.63, 3.8) is 0 Å². The highest BCUT2D eigenvalue weighted by molar-refractivity contribution is 7.97. The molecule has 0 radical (unpaired) electrons. The van der Waals surface area contributed by atoms with Gasteiger partial charge in [-0.3, -0.25) is 9.71 Å². The van der Waals surface area contributed by atoms with E-state index in [4.69, 9.17) is 4.74 Å². The number of methoxy groups -OCH3 is 1. The van der Waals surface area contributed by atoms with Crippen LogP contribution in [0.25, 0.3) is 11.0 Å². The van der Waals surface area contributed by atoms with Crippen LogP contribution in [0.15, 0.2) is 47.6 Å². The van der Waals surface area contributed by atoms with Gasteiger partial charge in [-0.15, -0.1) is 0 Å². The Labute approximate surface area is 140 Å². The summed E-state index contributed by atoms with van der Waals surface area (Å²) in [4.78, 5) is 9.89. The highest BCUT2D eigenvalue weighted by Crippen LogP contribution is 2.19. The number of fused-ring (bicyclic) bond motifs is 1. The Morgan fingerprint density at radius 3 is 2.83 bits per heavy atom.